The predicted octanol–water partition coefficient (Wildman–Crippen LogP) is -4.27. The molecule has 0 radical (unpaired) electrons. The fourth-order valence-electron chi connectivity index (χ4n) is 7.82. The van der Waals surface area contributed by atoms with Crippen LogP contribution in [0, 0.1) is 23.7 Å². The minimum absolute atomic E-state index is 0.0310. The van der Waals surface area contributed by atoms with E-state index in [4.69, 9.17) is 14.2 Å². The van der Waals surface area contributed by atoms with Gasteiger partial charge < -0.3 is 60.2 Å². The van der Waals surface area contributed by atoms with Gasteiger partial charge in [-0.3, -0.25) is 4.79 Å². The van der Waals surface area contributed by atoms with Crippen molar-refractivity contribution < 1.29 is 79.3 Å². The third-order valence-electron chi connectivity index (χ3n) is 10.4. The number of ether oxygens (including phenoxy) is 3. The van der Waals surface area contributed by atoms with Crippen LogP contribution in [-0.2, 0) is 33.4 Å². The number of ketones is 1. The highest BCUT2D eigenvalue weighted by molar-refractivity contribution is 5.87. The van der Waals surface area contributed by atoms with Gasteiger partial charge >= 0.3 is 17.9 Å². The normalized spacial score (nSPS) is 49.9. The molecule has 11 atom stereocenters. The Labute approximate surface area is 256 Å². The molecule has 16 nitrogen and oxygen atoms in total. The van der Waals surface area contributed by atoms with Crippen LogP contribution in [0.15, 0.2) is 12.2 Å². The number of carbonyl (C=O) groups is 4. The molecule has 16 heteroatoms. The summed E-state index contributed by atoms with van der Waals surface area (Å²) in [6.07, 6.45) is -15.9. The first-order valence-corrected chi connectivity index (χ1v) is 14.9. The number of hydrogen-bond acceptors (Lipinski definition) is 16. The van der Waals surface area contributed by atoms with Crippen LogP contribution < -0.4 is 0 Å². The van der Waals surface area contributed by atoms with Crippen LogP contribution >= 0.6 is 0 Å². The van der Waals surface area contributed by atoms with Crippen LogP contribution in [0.25, 0.3) is 0 Å². The number of esters is 3. The van der Waals surface area contributed by atoms with E-state index in [1.807, 2.05) is 0 Å². The lowest BCUT2D eigenvalue weighted by atomic mass is 9.75. The van der Waals surface area contributed by atoms with Gasteiger partial charge in [0.25, 0.3) is 0 Å². The number of fused-ring (bicyclic) bond motifs is 3. The van der Waals surface area contributed by atoms with E-state index >= 15 is 0 Å². The molecule has 4 aliphatic carbocycles. The molecular weight excluding hydrogens is 604 g/mol. The second-order valence-electron chi connectivity index (χ2n) is 13.5. The van der Waals surface area contributed by atoms with Crippen molar-refractivity contribution in [2.75, 3.05) is 6.61 Å². The fraction of sp³-hybridized carbons (Fsp3) is 0.793. The lowest BCUT2D eigenvalue weighted by Gasteiger charge is -2.41. The van der Waals surface area contributed by atoms with Crippen molar-refractivity contribution in [3.63, 3.8) is 0 Å². The summed E-state index contributed by atoms with van der Waals surface area (Å²) in [6, 6.07) is 0. The van der Waals surface area contributed by atoms with Gasteiger partial charge in [0.2, 0.25) is 5.60 Å². The molecule has 252 valence electrons. The van der Waals surface area contributed by atoms with Crippen molar-refractivity contribution in [2.24, 2.45) is 23.7 Å². The highest BCUT2D eigenvalue weighted by atomic mass is 16.6. The molecule has 1 heterocycles. The second-order valence-corrected chi connectivity index (χ2v) is 13.5. The van der Waals surface area contributed by atoms with Gasteiger partial charge in [-0.25, -0.2) is 14.4 Å². The maximum atomic E-state index is 13.4. The van der Waals surface area contributed by atoms with Crippen LogP contribution in [0.2, 0.25) is 0 Å². The quantitative estimate of drug-likeness (QED) is 0.0778. The van der Waals surface area contributed by atoms with Gasteiger partial charge in [-0.2, -0.15) is 0 Å². The summed E-state index contributed by atoms with van der Waals surface area (Å²) in [5.74, 6) is -7.71. The summed E-state index contributed by atoms with van der Waals surface area (Å²) in [7, 11) is 0. The van der Waals surface area contributed by atoms with Gasteiger partial charge in [-0.1, -0.05) is 19.1 Å². The number of Topliss-reactive ketones (excluding diaryl/α,β-unsaturated/α-hetero) is 1. The Morgan fingerprint density at radius 1 is 0.844 bits per heavy atom. The Morgan fingerprint density at radius 2 is 1.33 bits per heavy atom. The van der Waals surface area contributed by atoms with Gasteiger partial charge in [0.1, 0.15) is 36.8 Å². The molecule has 5 rings (SSSR count). The van der Waals surface area contributed by atoms with Crippen LogP contribution in [0.4, 0.5) is 0 Å². The van der Waals surface area contributed by atoms with Crippen molar-refractivity contribution in [3.8, 4) is 0 Å². The minimum Gasteiger partial charge on any atom is -0.460 e. The van der Waals surface area contributed by atoms with Gasteiger partial charge in [0, 0.05) is 50.4 Å². The number of hydrogen-bond donors (Lipinski definition) is 9. The minimum atomic E-state index is -2.74. The van der Waals surface area contributed by atoms with Gasteiger partial charge in [0.15, 0.2) is 11.2 Å². The largest absolute Gasteiger partial charge is 0.460 e. The first-order chi connectivity index (χ1) is 20.8. The van der Waals surface area contributed by atoms with Crippen molar-refractivity contribution in [3.05, 3.63) is 12.2 Å². The highest BCUT2D eigenvalue weighted by Gasteiger charge is 2.68. The predicted molar refractivity (Wildman–Crippen MR) is 143 cm³/mol. The summed E-state index contributed by atoms with van der Waals surface area (Å²) in [6.45, 7) is 4.49. The molecule has 9 N–H and O–H groups in total. The Kier molecular flexibility index (Phi) is 8.72. The van der Waals surface area contributed by atoms with E-state index in [0.717, 1.165) is 0 Å². The maximum absolute atomic E-state index is 13.4. The van der Waals surface area contributed by atoms with Crippen LogP contribution in [0.3, 0.4) is 0 Å². The van der Waals surface area contributed by atoms with Gasteiger partial charge in [-0.15, -0.1) is 0 Å². The molecule has 0 aromatic carbocycles. The molecular formula is C29H40O16. The monoisotopic (exact) mass is 644 g/mol. The molecule has 5 aliphatic rings. The van der Waals surface area contributed by atoms with Crippen LogP contribution in [0.1, 0.15) is 45.4 Å². The van der Waals surface area contributed by atoms with E-state index in [0.29, 0.717) is 5.57 Å². The van der Waals surface area contributed by atoms with E-state index < -0.39 is 140 Å². The molecule has 0 spiro atoms. The van der Waals surface area contributed by atoms with Gasteiger partial charge in [0.05, 0.1) is 30.3 Å². The lowest BCUT2D eigenvalue weighted by Crippen LogP contribution is -2.59. The number of aliphatic hydroxyl groups excluding tert-OH is 6. The van der Waals surface area contributed by atoms with E-state index in [1.54, 1.807) is 6.92 Å². The summed E-state index contributed by atoms with van der Waals surface area (Å²) in [4.78, 5) is 52.5. The smallest absolute Gasteiger partial charge is 0.342 e. The number of rotatable bonds is 5. The molecule has 4 saturated carbocycles. The Morgan fingerprint density at radius 3 is 1.84 bits per heavy atom. The first-order valence-electron chi connectivity index (χ1n) is 14.9. The van der Waals surface area contributed by atoms with Crippen molar-refractivity contribution >= 4 is 23.7 Å². The molecule has 0 aromatic heterocycles. The summed E-state index contributed by atoms with van der Waals surface area (Å²) >= 11 is 0. The SMILES string of the molecule is C=C1CC(OC(=O)C2(O)CC(O)C(O)C(O)C2)C2C(OC(=O)C2(O)COC(=O)C2(O)CC(O)C(O)C(O)C2)C2C(C)C(=O)CC12. The average Bonchev–Trinajstić information content (AvgIpc) is 3.35. The maximum Gasteiger partial charge on any atom is 0.342 e. The molecule has 45 heavy (non-hydrogen) atoms. The third kappa shape index (κ3) is 5.59. The van der Waals surface area contributed by atoms with E-state index in [9.17, 15) is 65.1 Å². The molecule has 11 unspecified atom stereocenters. The van der Waals surface area contributed by atoms with Crippen LogP contribution in [-0.4, -0.2) is 142 Å². The third-order valence-corrected chi connectivity index (χ3v) is 10.4. The first kappa shape index (κ1) is 33.8. The highest BCUT2D eigenvalue weighted by Crippen LogP contribution is 2.54. The molecule has 1 saturated heterocycles. The molecule has 0 amide bonds. The zero-order valence-electron chi connectivity index (χ0n) is 24.5. The van der Waals surface area contributed by atoms with E-state index in [-0.39, 0.29) is 18.6 Å². The lowest BCUT2D eigenvalue weighted by molar-refractivity contribution is -0.207. The standard InChI is InChI=1S/C29H40O16/c1-10-3-18(44-25(38)28(41)7-16(33)22(36)17(34)8-28)20-23(19-11(2)13(30)4-12(10)19)45-26(39)29(20,42)9-43-24(37)27(40)5-14(31)21(35)15(32)6-27/h11-12,14-23,31-36,40-42H,1,3-9H2,2H3. The topological polar surface area (TPSA) is 278 Å². The fourth-order valence-corrected chi connectivity index (χ4v) is 7.82. The molecule has 1 aliphatic heterocycles. The summed E-state index contributed by atoms with van der Waals surface area (Å²) in [5, 5.41) is 93.6. The number of aliphatic hydroxyl groups is 9. The van der Waals surface area contributed by atoms with E-state index in [2.05, 4.69) is 6.58 Å². The molecule has 5 fully saturated rings. The Bertz CT molecular complexity index is 1230. The second kappa shape index (κ2) is 11.6. The summed E-state index contributed by atoms with van der Waals surface area (Å²) in [5.41, 5.74) is -7.30. The average molecular weight is 645 g/mol. The zero-order chi connectivity index (χ0) is 33.4. The van der Waals surface area contributed by atoms with Crippen molar-refractivity contribution in [2.45, 2.75) is 111 Å². The zero-order valence-corrected chi connectivity index (χ0v) is 24.5. The van der Waals surface area contributed by atoms with Crippen LogP contribution in [0.5, 0.6) is 0 Å². The summed E-state index contributed by atoms with van der Waals surface area (Å²) < 4.78 is 16.4. The number of carbonyl (C=O) groups excluding carboxylic acids is 4. The van der Waals surface area contributed by atoms with Crippen molar-refractivity contribution in [1.82, 2.24) is 0 Å². The molecule has 0 aromatic rings. The molecule has 0 bridgehead atoms. The van der Waals surface area contributed by atoms with Gasteiger partial charge in [-0.05, 0) is 5.92 Å². The Hall–Kier alpha value is -2.54. The van der Waals surface area contributed by atoms with Crippen molar-refractivity contribution in [1.29, 1.82) is 0 Å². The Balaban J connectivity index is 1.45. The van der Waals surface area contributed by atoms with E-state index in [1.165, 1.54) is 0 Å².